The molecular formula is C19H21FN4S. The summed E-state index contributed by atoms with van der Waals surface area (Å²) in [7, 11) is 0. The van der Waals surface area contributed by atoms with E-state index in [4.69, 9.17) is 0 Å². The van der Waals surface area contributed by atoms with E-state index in [-0.39, 0.29) is 5.82 Å². The summed E-state index contributed by atoms with van der Waals surface area (Å²) in [4.78, 5) is 8.83. The average molecular weight is 356 g/mol. The summed E-state index contributed by atoms with van der Waals surface area (Å²) in [6.07, 6.45) is 3.97. The molecule has 0 aliphatic rings. The van der Waals surface area contributed by atoms with Crippen LogP contribution in [0, 0.1) is 5.82 Å². The molecule has 3 aromatic rings. The zero-order valence-corrected chi connectivity index (χ0v) is 14.7. The van der Waals surface area contributed by atoms with Crippen molar-refractivity contribution in [2.45, 2.75) is 19.4 Å². The Kier molecular flexibility index (Phi) is 6.48. The normalized spacial score (nSPS) is 10.8. The van der Waals surface area contributed by atoms with Crippen LogP contribution in [0.5, 0.6) is 0 Å². The molecule has 4 nitrogen and oxygen atoms in total. The molecule has 25 heavy (non-hydrogen) atoms. The van der Waals surface area contributed by atoms with Crippen LogP contribution in [0.15, 0.2) is 54.0 Å². The first kappa shape index (κ1) is 17.5. The number of rotatable bonds is 9. The predicted molar refractivity (Wildman–Crippen MR) is 101 cm³/mol. The summed E-state index contributed by atoms with van der Waals surface area (Å²) in [5.74, 6) is 0.700. The molecule has 0 amide bonds. The highest BCUT2D eigenvalue weighted by molar-refractivity contribution is 7.13. The molecule has 0 fully saturated rings. The van der Waals surface area contributed by atoms with Crippen LogP contribution in [-0.2, 0) is 6.54 Å². The molecule has 0 saturated heterocycles. The fourth-order valence-corrected chi connectivity index (χ4v) is 3.21. The maximum Gasteiger partial charge on any atom is 0.125 e. The summed E-state index contributed by atoms with van der Waals surface area (Å²) in [5.41, 5.74) is 1.98. The molecule has 2 N–H and O–H groups in total. The van der Waals surface area contributed by atoms with Gasteiger partial charge >= 0.3 is 0 Å². The van der Waals surface area contributed by atoms with Gasteiger partial charge in [-0.25, -0.2) is 14.4 Å². The highest BCUT2D eigenvalue weighted by Gasteiger charge is 2.04. The van der Waals surface area contributed by atoms with Crippen LogP contribution in [0.25, 0.3) is 10.6 Å². The van der Waals surface area contributed by atoms with Crippen LogP contribution < -0.4 is 10.6 Å². The smallest absolute Gasteiger partial charge is 0.125 e. The summed E-state index contributed by atoms with van der Waals surface area (Å²) in [6, 6.07) is 12.3. The van der Waals surface area contributed by atoms with Gasteiger partial charge in [0.15, 0.2) is 0 Å². The Morgan fingerprint density at radius 1 is 1.00 bits per heavy atom. The van der Waals surface area contributed by atoms with Gasteiger partial charge in [0.2, 0.25) is 0 Å². The van der Waals surface area contributed by atoms with Crippen LogP contribution in [0.3, 0.4) is 0 Å². The lowest BCUT2D eigenvalue weighted by Gasteiger charge is -2.05. The monoisotopic (exact) mass is 356 g/mol. The molecule has 0 spiro atoms. The van der Waals surface area contributed by atoms with Gasteiger partial charge in [-0.2, -0.15) is 0 Å². The van der Waals surface area contributed by atoms with E-state index in [1.165, 1.54) is 12.1 Å². The number of unbranched alkanes of at least 4 members (excludes halogenated alkanes) is 1. The van der Waals surface area contributed by atoms with Gasteiger partial charge < -0.3 is 10.6 Å². The number of pyridine rings is 1. The lowest BCUT2D eigenvalue weighted by atomic mass is 10.2. The van der Waals surface area contributed by atoms with Gasteiger partial charge in [-0.15, -0.1) is 11.3 Å². The van der Waals surface area contributed by atoms with Crippen molar-refractivity contribution >= 4 is 17.2 Å². The number of benzene rings is 1. The highest BCUT2D eigenvalue weighted by atomic mass is 32.1. The maximum absolute atomic E-state index is 13.0. The molecule has 2 aromatic heterocycles. The number of aromatic nitrogens is 2. The number of anilines is 1. The zero-order valence-electron chi connectivity index (χ0n) is 13.9. The molecule has 0 bridgehead atoms. The first-order chi connectivity index (χ1) is 12.3. The van der Waals surface area contributed by atoms with Crippen molar-refractivity contribution in [3.63, 3.8) is 0 Å². The van der Waals surface area contributed by atoms with E-state index in [2.05, 4.69) is 20.6 Å². The Labute approximate surface area is 151 Å². The van der Waals surface area contributed by atoms with E-state index in [0.717, 1.165) is 54.6 Å². The molecule has 0 aliphatic carbocycles. The molecule has 0 saturated carbocycles. The highest BCUT2D eigenvalue weighted by Crippen LogP contribution is 2.23. The minimum Gasteiger partial charge on any atom is -0.370 e. The van der Waals surface area contributed by atoms with E-state index in [1.54, 1.807) is 29.7 Å². The Balaban J connectivity index is 1.32. The molecular weight excluding hydrogens is 335 g/mol. The standard InChI is InChI=1S/C19H21FN4S/c20-16-8-6-15(7-9-16)19-24-17(14-25-19)13-21-10-3-4-12-23-18-5-1-2-11-22-18/h1-2,5-9,11,14,21H,3-4,10,12-13H2,(H,22,23). The number of halogens is 1. The molecule has 0 unspecified atom stereocenters. The van der Waals surface area contributed by atoms with Crippen molar-refractivity contribution in [2.75, 3.05) is 18.4 Å². The summed E-state index contributed by atoms with van der Waals surface area (Å²) in [5, 5.41) is 9.69. The quantitative estimate of drug-likeness (QED) is 0.561. The maximum atomic E-state index is 13.0. The largest absolute Gasteiger partial charge is 0.370 e. The van der Waals surface area contributed by atoms with Crippen molar-refractivity contribution in [2.24, 2.45) is 0 Å². The number of nitrogens with one attached hydrogen (secondary N) is 2. The van der Waals surface area contributed by atoms with Gasteiger partial charge in [0.25, 0.3) is 0 Å². The number of thiazole rings is 1. The number of nitrogens with zero attached hydrogens (tertiary/aromatic N) is 2. The third kappa shape index (κ3) is 5.62. The second-order valence-electron chi connectivity index (χ2n) is 5.68. The molecule has 2 heterocycles. The van der Waals surface area contributed by atoms with E-state index < -0.39 is 0 Å². The molecule has 3 rings (SSSR count). The van der Waals surface area contributed by atoms with E-state index in [9.17, 15) is 4.39 Å². The minimum absolute atomic E-state index is 0.222. The van der Waals surface area contributed by atoms with Crippen molar-refractivity contribution in [3.8, 4) is 10.6 Å². The van der Waals surface area contributed by atoms with Crippen LogP contribution in [0.4, 0.5) is 10.2 Å². The molecule has 0 aliphatic heterocycles. The van der Waals surface area contributed by atoms with E-state index >= 15 is 0 Å². The molecule has 130 valence electrons. The first-order valence-electron chi connectivity index (χ1n) is 8.37. The summed E-state index contributed by atoms with van der Waals surface area (Å²) in [6.45, 7) is 2.63. The van der Waals surface area contributed by atoms with Crippen molar-refractivity contribution in [3.05, 3.63) is 65.6 Å². The van der Waals surface area contributed by atoms with Gasteiger partial charge in [-0.3, -0.25) is 0 Å². The summed E-state index contributed by atoms with van der Waals surface area (Å²) < 4.78 is 13.0. The summed E-state index contributed by atoms with van der Waals surface area (Å²) >= 11 is 1.59. The third-order valence-electron chi connectivity index (χ3n) is 3.70. The topological polar surface area (TPSA) is 49.8 Å². The van der Waals surface area contributed by atoms with Crippen LogP contribution in [0.2, 0.25) is 0 Å². The molecule has 0 radical (unpaired) electrons. The lowest BCUT2D eigenvalue weighted by Crippen LogP contribution is -2.16. The Morgan fingerprint density at radius 2 is 1.84 bits per heavy atom. The van der Waals surface area contributed by atoms with Crippen LogP contribution >= 0.6 is 11.3 Å². The van der Waals surface area contributed by atoms with Crippen LogP contribution in [0.1, 0.15) is 18.5 Å². The molecule has 1 aromatic carbocycles. The lowest BCUT2D eigenvalue weighted by molar-refractivity contribution is 0.627. The third-order valence-corrected chi connectivity index (χ3v) is 4.64. The van der Waals surface area contributed by atoms with Gasteiger partial charge in [0.05, 0.1) is 5.69 Å². The van der Waals surface area contributed by atoms with Gasteiger partial charge in [-0.05, 0) is 55.8 Å². The van der Waals surface area contributed by atoms with Gasteiger partial charge in [0, 0.05) is 30.2 Å². The number of hydrogen-bond acceptors (Lipinski definition) is 5. The fourth-order valence-electron chi connectivity index (χ4n) is 2.39. The van der Waals surface area contributed by atoms with Gasteiger partial charge in [-0.1, -0.05) is 6.07 Å². The van der Waals surface area contributed by atoms with Crippen molar-refractivity contribution < 1.29 is 4.39 Å². The predicted octanol–water partition coefficient (Wildman–Crippen LogP) is 4.33. The minimum atomic E-state index is -0.222. The SMILES string of the molecule is Fc1ccc(-c2nc(CNCCCCNc3ccccn3)cs2)cc1. The average Bonchev–Trinajstić information content (AvgIpc) is 3.11. The first-order valence-corrected chi connectivity index (χ1v) is 9.25. The second-order valence-corrected chi connectivity index (χ2v) is 6.53. The second kappa shape index (κ2) is 9.25. The fraction of sp³-hybridized carbons (Fsp3) is 0.263. The number of hydrogen-bond donors (Lipinski definition) is 2. The Hall–Kier alpha value is -2.31. The molecule has 0 atom stereocenters. The Bertz CT molecular complexity index is 759. The van der Waals surface area contributed by atoms with Crippen LogP contribution in [-0.4, -0.2) is 23.1 Å². The molecule has 6 heteroatoms. The Morgan fingerprint density at radius 3 is 2.64 bits per heavy atom. The zero-order chi connectivity index (χ0) is 17.3. The van der Waals surface area contributed by atoms with Gasteiger partial charge in [0.1, 0.15) is 16.6 Å². The van der Waals surface area contributed by atoms with E-state index in [1.807, 2.05) is 23.6 Å². The van der Waals surface area contributed by atoms with Crippen molar-refractivity contribution in [1.29, 1.82) is 0 Å². The van der Waals surface area contributed by atoms with Crippen molar-refractivity contribution in [1.82, 2.24) is 15.3 Å². The van der Waals surface area contributed by atoms with E-state index in [0.29, 0.717) is 0 Å².